The first kappa shape index (κ1) is 34.5. The van der Waals surface area contributed by atoms with Gasteiger partial charge in [0.15, 0.2) is 5.78 Å². The van der Waals surface area contributed by atoms with E-state index in [1.54, 1.807) is 12.2 Å². The molecule has 1 saturated heterocycles. The molecular formula is C35H39F3N6O4. The van der Waals surface area contributed by atoms with E-state index in [9.17, 15) is 32.3 Å². The van der Waals surface area contributed by atoms with Crippen LogP contribution in [-0.4, -0.2) is 61.8 Å². The summed E-state index contributed by atoms with van der Waals surface area (Å²) in [5.41, 5.74) is 1.16. The number of carbonyl (C=O) groups is 4. The summed E-state index contributed by atoms with van der Waals surface area (Å²) in [6.07, 6.45) is 1.56. The molecule has 10 nitrogen and oxygen atoms in total. The largest absolute Gasteiger partial charge is 0.433 e. The van der Waals surface area contributed by atoms with Crippen molar-refractivity contribution in [1.82, 2.24) is 25.0 Å². The Morgan fingerprint density at radius 1 is 1.10 bits per heavy atom. The van der Waals surface area contributed by atoms with Crippen LogP contribution in [0, 0.1) is 19.3 Å². The quantitative estimate of drug-likeness (QED) is 0.142. The van der Waals surface area contributed by atoms with Crippen LogP contribution in [-0.2, 0) is 33.5 Å². The van der Waals surface area contributed by atoms with Gasteiger partial charge in [-0.2, -0.15) is 18.3 Å². The number of hydrogen-bond donors (Lipinski definition) is 2. The molecule has 254 valence electrons. The minimum Gasteiger partial charge on any atom is -0.355 e. The van der Waals surface area contributed by atoms with Gasteiger partial charge < -0.3 is 15.5 Å². The lowest BCUT2D eigenvalue weighted by Crippen LogP contribution is -2.47. The van der Waals surface area contributed by atoms with Crippen LogP contribution in [0.3, 0.4) is 0 Å². The molecule has 2 fully saturated rings. The van der Waals surface area contributed by atoms with Crippen LogP contribution in [0.2, 0.25) is 0 Å². The predicted molar refractivity (Wildman–Crippen MR) is 174 cm³/mol. The number of benzene rings is 1. The van der Waals surface area contributed by atoms with E-state index < -0.39 is 41.2 Å². The highest BCUT2D eigenvalue weighted by Crippen LogP contribution is 2.59. The third-order valence-corrected chi connectivity index (χ3v) is 9.14. The van der Waals surface area contributed by atoms with Crippen molar-refractivity contribution in [1.29, 1.82) is 0 Å². The van der Waals surface area contributed by atoms with Gasteiger partial charge in [-0.05, 0) is 69.2 Å². The lowest BCUT2D eigenvalue weighted by atomic mass is 9.98. The number of rotatable bonds is 13. The first-order valence-corrected chi connectivity index (χ1v) is 15.9. The Kier molecular flexibility index (Phi) is 9.61. The molecule has 3 atom stereocenters. The Labute approximate surface area is 276 Å². The molecular weight excluding hydrogens is 625 g/mol. The first-order chi connectivity index (χ1) is 22.7. The number of piperidine rings is 1. The molecule has 3 heterocycles. The number of pyridine rings is 1. The summed E-state index contributed by atoms with van der Waals surface area (Å²) >= 11 is 0. The number of allylic oxidation sites excluding steroid dienone is 2. The maximum absolute atomic E-state index is 14.2. The van der Waals surface area contributed by atoms with Crippen LogP contribution in [0.1, 0.15) is 71.9 Å². The minimum absolute atomic E-state index is 0.156. The molecule has 3 amide bonds. The fourth-order valence-electron chi connectivity index (χ4n) is 6.71. The molecule has 13 heteroatoms. The SMILES string of the molecule is C=CCCCC(=O)NC[C@@]12C[C@@H](C(=O)Nc3nc(C(F)(F)F)ccc3C)N(C(=O)Cn3nc(C(C)=O)c4cc(C)cc(CC=C)c43)[C@@H]1C2. The van der Waals surface area contributed by atoms with Gasteiger partial charge in [0, 0.05) is 36.7 Å². The average Bonchev–Trinajstić information content (AvgIpc) is 3.43. The van der Waals surface area contributed by atoms with Crippen LogP contribution in [0.4, 0.5) is 19.0 Å². The van der Waals surface area contributed by atoms with E-state index in [-0.39, 0.29) is 42.7 Å². The summed E-state index contributed by atoms with van der Waals surface area (Å²) < 4.78 is 41.8. The van der Waals surface area contributed by atoms with Crippen molar-refractivity contribution >= 4 is 40.2 Å². The average molecular weight is 665 g/mol. The third kappa shape index (κ3) is 6.90. The standard InChI is InChI=1S/C35H39F3N6O4/c1-6-8-9-11-28(46)39-19-34-16-25(33(48)41-32-21(4)12-13-26(40-32)35(36,37)38)44(27(34)17-34)29(47)18-43-31-23(10-7-2)14-20(3)15-24(31)30(42-43)22(5)45/h6-7,12-15,25,27H,1-2,8-11,16-19H2,3-5H3,(H,39,46)(H,40,41,48)/t25-,27+,34-/m0/s1. The Morgan fingerprint density at radius 3 is 2.52 bits per heavy atom. The molecule has 0 radical (unpaired) electrons. The fraction of sp³-hybridized carbons (Fsp3) is 0.429. The zero-order valence-corrected chi connectivity index (χ0v) is 27.2. The third-order valence-electron chi connectivity index (χ3n) is 9.14. The smallest absolute Gasteiger partial charge is 0.355 e. The molecule has 1 aliphatic carbocycles. The van der Waals surface area contributed by atoms with E-state index in [4.69, 9.17) is 0 Å². The number of Topliss-reactive ketones (excluding diaryl/α,β-unsaturated/α-hetero) is 1. The maximum atomic E-state index is 14.2. The van der Waals surface area contributed by atoms with Crippen molar-refractivity contribution < 1.29 is 32.3 Å². The topological polar surface area (TPSA) is 126 Å². The number of fused-ring (bicyclic) bond motifs is 2. The summed E-state index contributed by atoms with van der Waals surface area (Å²) in [7, 11) is 0. The van der Waals surface area contributed by atoms with Crippen LogP contribution in [0.25, 0.3) is 10.9 Å². The molecule has 0 bridgehead atoms. The molecule has 3 aromatic rings. The number of amides is 3. The Hall–Kier alpha value is -4.81. The zero-order chi connectivity index (χ0) is 35.0. The van der Waals surface area contributed by atoms with E-state index in [1.807, 2.05) is 19.1 Å². The molecule has 48 heavy (non-hydrogen) atoms. The highest BCUT2D eigenvalue weighted by atomic mass is 19.4. The van der Waals surface area contributed by atoms with E-state index in [2.05, 4.69) is 33.9 Å². The van der Waals surface area contributed by atoms with Crippen LogP contribution >= 0.6 is 0 Å². The second kappa shape index (κ2) is 13.4. The van der Waals surface area contributed by atoms with E-state index in [0.717, 1.165) is 17.2 Å². The van der Waals surface area contributed by atoms with Gasteiger partial charge in [0.1, 0.15) is 29.8 Å². The normalized spacial score (nSPS) is 19.9. The highest BCUT2D eigenvalue weighted by Gasteiger charge is 2.67. The summed E-state index contributed by atoms with van der Waals surface area (Å²) in [6.45, 7) is 12.3. The van der Waals surface area contributed by atoms with Gasteiger partial charge in [0.25, 0.3) is 0 Å². The van der Waals surface area contributed by atoms with Crippen molar-refractivity contribution in [2.24, 2.45) is 5.41 Å². The van der Waals surface area contributed by atoms with Crippen molar-refractivity contribution in [2.75, 3.05) is 11.9 Å². The Morgan fingerprint density at radius 2 is 1.85 bits per heavy atom. The van der Waals surface area contributed by atoms with Gasteiger partial charge in [-0.15, -0.1) is 13.2 Å². The van der Waals surface area contributed by atoms with Crippen molar-refractivity contribution in [2.45, 2.75) is 84.1 Å². The number of hydrogen-bond acceptors (Lipinski definition) is 6. The number of ketones is 1. The first-order valence-electron chi connectivity index (χ1n) is 15.9. The minimum atomic E-state index is -4.72. The predicted octanol–water partition coefficient (Wildman–Crippen LogP) is 5.47. The number of unbranched alkanes of at least 4 members (excludes halogenated alkanes) is 1. The summed E-state index contributed by atoms with van der Waals surface area (Å²) in [4.78, 5) is 58.2. The monoisotopic (exact) mass is 664 g/mol. The second-order valence-corrected chi connectivity index (χ2v) is 12.8. The number of aromatic nitrogens is 3. The van der Waals surface area contributed by atoms with Gasteiger partial charge in [-0.25, -0.2) is 4.98 Å². The number of anilines is 1. The van der Waals surface area contributed by atoms with E-state index >= 15 is 0 Å². The molecule has 1 saturated carbocycles. The number of nitrogens with one attached hydrogen (secondary N) is 2. The Bertz CT molecular complexity index is 1820. The van der Waals surface area contributed by atoms with Gasteiger partial charge in [-0.1, -0.05) is 29.8 Å². The molecule has 5 rings (SSSR count). The summed E-state index contributed by atoms with van der Waals surface area (Å²) in [5.74, 6) is -1.80. The molecule has 2 N–H and O–H groups in total. The maximum Gasteiger partial charge on any atom is 0.433 e. The molecule has 1 aromatic carbocycles. The van der Waals surface area contributed by atoms with Gasteiger partial charge in [-0.3, -0.25) is 23.9 Å². The van der Waals surface area contributed by atoms with Crippen LogP contribution in [0.5, 0.6) is 0 Å². The number of likely N-dealkylation sites (tertiary alicyclic amines) is 1. The second-order valence-electron chi connectivity index (χ2n) is 12.8. The van der Waals surface area contributed by atoms with Gasteiger partial charge >= 0.3 is 6.18 Å². The van der Waals surface area contributed by atoms with Gasteiger partial charge in [0.2, 0.25) is 17.7 Å². The molecule has 0 unspecified atom stereocenters. The lowest BCUT2D eigenvalue weighted by Gasteiger charge is -2.27. The summed E-state index contributed by atoms with van der Waals surface area (Å²) in [6, 6.07) is 4.40. The van der Waals surface area contributed by atoms with Crippen LogP contribution in [0.15, 0.2) is 49.6 Å². The molecule has 1 aliphatic heterocycles. The van der Waals surface area contributed by atoms with E-state index in [1.165, 1.54) is 29.5 Å². The Balaban J connectivity index is 1.46. The van der Waals surface area contributed by atoms with Crippen LogP contribution < -0.4 is 10.6 Å². The number of aryl methyl sites for hydroxylation is 2. The van der Waals surface area contributed by atoms with E-state index in [0.29, 0.717) is 48.6 Å². The number of carbonyl (C=O) groups excluding carboxylic acids is 4. The molecule has 0 spiro atoms. The van der Waals surface area contributed by atoms with Crippen molar-refractivity contribution in [3.63, 3.8) is 0 Å². The molecule has 2 aliphatic rings. The van der Waals surface area contributed by atoms with Crippen molar-refractivity contribution in [3.05, 3.63) is 77.7 Å². The number of nitrogens with zero attached hydrogens (tertiary/aromatic N) is 4. The lowest BCUT2D eigenvalue weighted by molar-refractivity contribution is -0.141. The number of alkyl halides is 3. The van der Waals surface area contributed by atoms with Gasteiger partial charge in [0.05, 0.1) is 5.52 Å². The fourth-order valence-corrected chi connectivity index (χ4v) is 6.71. The summed E-state index contributed by atoms with van der Waals surface area (Å²) in [5, 5.41) is 10.6. The number of halogens is 3. The van der Waals surface area contributed by atoms with Crippen molar-refractivity contribution in [3.8, 4) is 0 Å². The highest BCUT2D eigenvalue weighted by molar-refractivity contribution is 6.06. The zero-order valence-electron chi connectivity index (χ0n) is 27.2. The molecule has 2 aromatic heterocycles.